The summed E-state index contributed by atoms with van der Waals surface area (Å²) in [5, 5.41) is 5.12. The molecule has 3 aliphatic rings. The third kappa shape index (κ3) is 5.90. The Morgan fingerprint density at radius 2 is 0.862 bits per heavy atom. The zero-order valence-corrected chi connectivity index (χ0v) is 39.1. The lowest BCUT2D eigenvalue weighted by molar-refractivity contribution is 0.332. The Bertz CT molecular complexity index is 3430. The summed E-state index contributed by atoms with van der Waals surface area (Å²) >= 11 is 0. The summed E-state index contributed by atoms with van der Waals surface area (Å²) in [6.45, 7) is 19.4. The Hall–Kier alpha value is -6.70. The molecular weight excluding hydrogens is 783 g/mol. The summed E-state index contributed by atoms with van der Waals surface area (Å²) in [6.07, 6.45) is 2.37. The lowest BCUT2D eigenvalue weighted by atomic mass is 9.63. The van der Waals surface area contributed by atoms with Crippen molar-refractivity contribution >= 4 is 38.6 Å². The van der Waals surface area contributed by atoms with Gasteiger partial charge in [-0.3, -0.25) is 0 Å². The van der Waals surface area contributed by atoms with Crippen LogP contribution in [0.1, 0.15) is 102 Å². The number of anilines is 3. The highest BCUT2D eigenvalue weighted by molar-refractivity contribution is 6.14. The summed E-state index contributed by atoms with van der Waals surface area (Å²) in [6, 6.07) is 67.3. The highest BCUT2D eigenvalue weighted by atomic mass is 15.1. The Morgan fingerprint density at radius 3 is 1.57 bits per heavy atom. The Kier molecular flexibility index (Phi) is 8.52. The van der Waals surface area contributed by atoms with E-state index in [-0.39, 0.29) is 21.7 Å². The molecule has 0 atom stereocenters. The van der Waals surface area contributed by atoms with Crippen molar-refractivity contribution in [3.63, 3.8) is 0 Å². The second-order valence-electron chi connectivity index (χ2n) is 21.6. The number of nitrogens with zero attached hydrogens (tertiary/aromatic N) is 1. The van der Waals surface area contributed by atoms with Gasteiger partial charge in [-0.05, 0) is 160 Å². The number of hydrogen-bond donors (Lipinski definition) is 0. The molecule has 0 saturated heterocycles. The lowest BCUT2D eigenvalue weighted by Gasteiger charge is -2.42. The van der Waals surface area contributed by atoms with Gasteiger partial charge in [-0.2, -0.15) is 0 Å². The highest BCUT2D eigenvalue weighted by Gasteiger charge is 2.40. The molecule has 0 aliphatic heterocycles. The third-order valence-corrected chi connectivity index (χ3v) is 16.1. The first-order valence-electron chi connectivity index (χ1n) is 23.7. The molecule has 0 bridgehead atoms. The Balaban J connectivity index is 1.12. The van der Waals surface area contributed by atoms with Crippen LogP contribution in [0.25, 0.3) is 66.1 Å². The van der Waals surface area contributed by atoms with Gasteiger partial charge in [0.1, 0.15) is 0 Å². The molecule has 0 radical (unpaired) electrons. The minimum absolute atomic E-state index is 0.0787. The van der Waals surface area contributed by atoms with Gasteiger partial charge in [-0.15, -0.1) is 0 Å². The minimum atomic E-state index is -0.171. The molecule has 0 unspecified atom stereocenters. The van der Waals surface area contributed by atoms with Gasteiger partial charge in [0.15, 0.2) is 0 Å². The van der Waals surface area contributed by atoms with E-state index >= 15 is 0 Å². The summed E-state index contributed by atoms with van der Waals surface area (Å²) in [5.41, 5.74) is 22.2. The largest absolute Gasteiger partial charge is 0.310 e. The van der Waals surface area contributed by atoms with Crippen molar-refractivity contribution in [2.24, 2.45) is 0 Å². The van der Waals surface area contributed by atoms with E-state index in [1.54, 1.807) is 0 Å². The third-order valence-electron chi connectivity index (χ3n) is 16.1. The molecule has 0 spiro atoms. The van der Waals surface area contributed by atoms with Gasteiger partial charge in [0.25, 0.3) is 0 Å². The lowest BCUT2D eigenvalue weighted by Crippen LogP contribution is -2.33. The maximum Gasteiger partial charge on any atom is 0.0543 e. The predicted octanol–water partition coefficient (Wildman–Crippen LogP) is 17.8. The molecule has 9 aromatic rings. The molecule has 65 heavy (non-hydrogen) atoms. The average Bonchev–Trinajstić information content (AvgIpc) is 3.69. The second kappa shape index (κ2) is 13.9. The quantitative estimate of drug-likeness (QED) is 0.156. The van der Waals surface area contributed by atoms with E-state index in [0.717, 1.165) is 5.69 Å². The molecule has 9 aromatic carbocycles. The van der Waals surface area contributed by atoms with Crippen molar-refractivity contribution in [2.75, 3.05) is 4.90 Å². The van der Waals surface area contributed by atoms with Gasteiger partial charge in [0, 0.05) is 27.8 Å². The van der Waals surface area contributed by atoms with Crippen LogP contribution in [0.3, 0.4) is 0 Å². The van der Waals surface area contributed by atoms with Gasteiger partial charge in [-0.1, -0.05) is 189 Å². The van der Waals surface area contributed by atoms with E-state index in [1.807, 2.05) is 0 Å². The molecule has 0 aromatic heterocycles. The van der Waals surface area contributed by atoms with Gasteiger partial charge < -0.3 is 4.90 Å². The first-order valence-corrected chi connectivity index (χ1v) is 23.7. The summed E-state index contributed by atoms with van der Waals surface area (Å²) in [7, 11) is 0. The Labute approximate surface area is 385 Å². The fourth-order valence-corrected chi connectivity index (χ4v) is 12.3. The van der Waals surface area contributed by atoms with Crippen LogP contribution in [0.4, 0.5) is 17.1 Å². The fraction of sp³-hybridized carbons (Fsp3) is 0.219. The zero-order chi connectivity index (χ0) is 44.6. The normalized spacial score (nSPS) is 16.7. The zero-order valence-electron chi connectivity index (χ0n) is 39.1. The molecular formula is C64H57N. The van der Waals surface area contributed by atoms with Crippen LogP contribution in [-0.4, -0.2) is 0 Å². The molecule has 0 saturated carbocycles. The van der Waals surface area contributed by atoms with Crippen molar-refractivity contribution in [1.29, 1.82) is 0 Å². The number of fused-ring (bicyclic) bond motifs is 10. The Morgan fingerprint density at radius 1 is 0.323 bits per heavy atom. The number of rotatable bonds is 5. The van der Waals surface area contributed by atoms with Gasteiger partial charge in [-0.25, -0.2) is 0 Å². The first-order chi connectivity index (χ1) is 31.2. The van der Waals surface area contributed by atoms with Crippen molar-refractivity contribution in [3.8, 4) is 44.5 Å². The van der Waals surface area contributed by atoms with E-state index in [0.29, 0.717) is 0 Å². The van der Waals surface area contributed by atoms with Crippen LogP contribution in [0, 0.1) is 0 Å². The van der Waals surface area contributed by atoms with Crippen molar-refractivity contribution in [1.82, 2.24) is 0 Å². The summed E-state index contributed by atoms with van der Waals surface area (Å²) in [5.74, 6) is 0. The molecule has 3 aliphatic carbocycles. The van der Waals surface area contributed by atoms with Crippen molar-refractivity contribution in [2.45, 2.75) is 89.9 Å². The standard InChI is InChI=1S/C64H57N/c1-61(2)33-34-62(3,4)59-36-42(27-32-56(59)61)52-38-53-49-22-14-16-24-55(49)64(7,8)58(53)39-60(52)65(44-30-31-50-48-21-13-15-23-54(48)63(5,6)57(50)37-44)43-28-25-40(26-29-43)51-35-41-17-9-10-18-45(41)46-19-11-12-20-47(46)51/h9-32,35-39H,33-34H2,1-8H3. The van der Waals surface area contributed by atoms with Crippen LogP contribution in [0.15, 0.2) is 176 Å². The maximum absolute atomic E-state index is 2.57. The molecule has 318 valence electrons. The SMILES string of the molecule is CC1(C)CCC(C)(C)c2cc(-c3cc4c(cc3N(c3ccc(-c5cc6ccccc6c6ccccc56)cc3)c3ccc5c(c3)C(C)(C)c3ccccc3-5)C(C)(C)c3ccccc3-4)ccc21. The van der Waals surface area contributed by atoms with E-state index in [1.165, 1.54) is 124 Å². The molecule has 1 heteroatoms. The highest BCUT2D eigenvalue weighted by Crippen LogP contribution is 2.56. The molecule has 1 nitrogen and oxygen atoms in total. The number of hydrogen-bond acceptors (Lipinski definition) is 1. The number of benzene rings is 9. The maximum atomic E-state index is 2.57. The van der Waals surface area contributed by atoms with E-state index in [9.17, 15) is 0 Å². The summed E-state index contributed by atoms with van der Waals surface area (Å²) < 4.78 is 0. The van der Waals surface area contributed by atoms with Gasteiger partial charge in [0.05, 0.1) is 5.69 Å². The summed E-state index contributed by atoms with van der Waals surface area (Å²) in [4.78, 5) is 2.57. The van der Waals surface area contributed by atoms with E-state index < -0.39 is 0 Å². The topological polar surface area (TPSA) is 3.24 Å². The first kappa shape index (κ1) is 39.9. The van der Waals surface area contributed by atoms with Crippen molar-refractivity contribution in [3.05, 3.63) is 209 Å². The van der Waals surface area contributed by atoms with E-state index in [2.05, 4.69) is 236 Å². The monoisotopic (exact) mass is 839 g/mol. The minimum Gasteiger partial charge on any atom is -0.310 e. The van der Waals surface area contributed by atoms with Crippen LogP contribution in [-0.2, 0) is 21.7 Å². The fourth-order valence-electron chi connectivity index (χ4n) is 12.3. The van der Waals surface area contributed by atoms with Crippen molar-refractivity contribution < 1.29 is 0 Å². The molecule has 0 fully saturated rings. The molecule has 0 N–H and O–H groups in total. The van der Waals surface area contributed by atoms with Gasteiger partial charge >= 0.3 is 0 Å². The molecule has 0 amide bonds. The smallest absolute Gasteiger partial charge is 0.0543 e. The van der Waals surface area contributed by atoms with Crippen LogP contribution < -0.4 is 4.90 Å². The van der Waals surface area contributed by atoms with Gasteiger partial charge in [0.2, 0.25) is 0 Å². The van der Waals surface area contributed by atoms with Crippen LogP contribution >= 0.6 is 0 Å². The van der Waals surface area contributed by atoms with E-state index in [4.69, 9.17) is 0 Å². The van der Waals surface area contributed by atoms with Crippen LogP contribution in [0.5, 0.6) is 0 Å². The average molecular weight is 840 g/mol. The van der Waals surface area contributed by atoms with Crippen LogP contribution in [0.2, 0.25) is 0 Å². The molecule has 12 rings (SSSR count). The molecule has 0 heterocycles. The second-order valence-corrected chi connectivity index (χ2v) is 21.6. The predicted molar refractivity (Wildman–Crippen MR) is 277 cm³/mol.